The number of aliphatic carboxylic acids is 1. The van der Waals surface area contributed by atoms with E-state index in [1.165, 1.54) is 23.1 Å². The lowest BCUT2D eigenvalue weighted by atomic mass is 9.98. The Kier molecular flexibility index (Phi) is 8.09. The zero-order chi connectivity index (χ0) is 24.8. The summed E-state index contributed by atoms with van der Waals surface area (Å²) < 4.78 is 5.57. The lowest BCUT2D eigenvalue weighted by molar-refractivity contribution is -0.142. The number of alkyl carbamates (subject to hydrolysis) is 1. The standard InChI is InChI=1S/C26H26N2O5S2/c1-34-14-12-21(24(29)28-23(25(30)31)22-11-6-13-35-22)27-26(32)33-15-20-18-9-4-2-7-16(18)17-8-3-5-10-19(17)20/h2-11,13,20-21,23H,12,14-15H2,1H3,(H,27,32)(H,28,29)(H,30,31)/t21-,23?/m0/s1. The molecule has 3 N–H and O–H groups in total. The van der Waals surface area contributed by atoms with Gasteiger partial charge in [-0.25, -0.2) is 9.59 Å². The van der Waals surface area contributed by atoms with Crippen LogP contribution in [0.3, 0.4) is 0 Å². The van der Waals surface area contributed by atoms with E-state index in [1.807, 2.05) is 42.7 Å². The third-order valence-corrected chi connectivity index (χ3v) is 7.51. The molecule has 0 aliphatic heterocycles. The second kappa shape index (κ2) is 11.4. The van der Waals surface area contributed by atoms with Gasteiger partial charge < -0.3 is 20.5 Å². The van der Waals surface area contributed by atoms with Crippen molar-refractivity contribution >= 4 is 41.1 Å². The Balaban J connectivity index is 1.42. The van der Waals surface area contributed by atoms with E-state index in [0.29, 0.717) is 17.1 Å². The van der Waals surface area contributed by atoms with Gasteiger partial charge in [-0.1, -0.05) is 54.6 Å². The number of amides is 2. The van der Waals surface area contributed by atoms with E-state index in [-0.39, 0.29) is 12.5 Å². The summed E-state index contributed by atoms with van der Waals surface area (Å²) in [6, 6.07) is 17.4. The van der Waals surface area contributed by atoms with Crippen molar-refractivity contribution in [3.8, 4) is 11.1 Å². The van der Waals surface area contributed by atoms with Crippen LogP contribution in [-0.2, 0) is 14.3 Å². The number of fused-ring (bicyclic) bond motifs is 3. The number of carbonyl (C=O) groups is 3. The Morgan fingerprint density at radius 3 is 2.23 bits per heavy atom. The van der Waals surface area contributed by atoms with Gasteiger partial charge in [-0.2, -0.15) is 11.8 Å². The van der Waals surface area contributed by atoms with Gasteiger partial charge in [0.1, 0.15) is 12.6 Å². The SMILES string of the molecule is CSCC[C@H](NC(=O)OCC1c2ccccc2-c2ccccc21)C(=O)NC(C(=O)O)c1cccs1. The summed E-state index contributed by atoms with van der Waals surface area (Å²) in [5, 5.41) is 16.5. The van der Waals surface area contributed by atoms with Crippen molar-refractivity contribution in [3.05, 3.63) is 82.0 Å². The fraction of sp³-hybridized carbons (Fsp3) is 0.269. The number of rotatable bonds is 10. The van der Waals surface area contributed by atoms with Gasteiger partial charge in [0.25, 0.3) is 0 Å². The second-order valence-electron chi connectivity index (χ2n) is 8.10. The van der Waals surface area contributed by atoms with Crippen molar-refractivity contribution in [2.45, 2.75) is 24.4 Å². The van der Waals surface area contributed by atoms with Gasteiger partial charge in [0.15, 0.2) is 6.04 Å². The van der Waals surface area contributed by atoms with Crippen LogP contribution in [0.2, 0.25) is 0 Å². The molecule has 4 rings (SSSR count). The van der Waals surface area contributed by atoms with Gasteiger partial charge >= 0.3 is 12.1 Å². The molecule has 0 spiro atoms. The van der Waals surface area contributed by atoms with E-state index in [0.717, 1.165) is 22.3 Å². The molecule has 0 bridgehead atoms. The van der Waals surface area contributed by atoms with Crippen molar-refractivity contribution in [1.29, 1.82) is 0 Å². The Bertz CT molecular complexity index is 1150. The predicted molar refractivity (Wildman–Crippen MR) is 138 cm³/mol. The molecule has 7 nitrogen and oxygen atoms in total. The van der Waals surface area contributed by atoms with E-state index in [2.05, 4.69) is 22.8 Å². The van der Waals surface area contributed by atoms with Crippen LogP contribution in [0.1, 0.15) is 34.4 Å². The van der Waals surface area contributed by atoms with E-state index in [9.17, 15) is 19.5 Å². The molecule has 9 heteroatoms. The van der Waals surface area contributed by atoms with Crippen LogP contribution >= 0.6 is 23.1 Å². The molecule has 1 heterocycles. The maximum absolute atomic E-state index is 12.9. The summed E-state index contributed by atoms with van der Waals surface area (Å²) in [5.41, 5.74) is 4.45. The molecule has 2 atom stereocenters. The summed E-state index contributed by atoms with van der Waals surface area (Å²) in [6.07, 6.45) is 1.53. The molecule has 2 amide bonds. The van der Waals surface area contributed by atoms with Crippen LogP contribution in [0, 0.1) is 0 Å². The molecular weight excluding hydrogens is 484 g/mol. The van der Waals surface area contributed by atoms with Crippen LogP contribution in [0.15, 0.2) is 66.0 Å². The molecular formula is C26H26N2O5S2. The minimum atomic E-state index is -1.18. The van der Waals surface area contributed by atoms with E-state index < -0.39 is 30.1 Å². The van der Waals surface area contributed by atoms with Crippen molar-refractivity contribution in [2.75, 3.05) is 18.6 Å². The number of ether oxygens (including phenoxy) is 1. The van der Waals surface area contributed by atoms with Gasteiger partial charge in [-0.15, -0.1) is 11.3 Å². The lowest BCUT2D eigenvalue weighted by Crippen LogP contribution is -2.49. The van der Waals surface area contributed by atoms with Crippen LogP contribution in [-0.4, -0.2) is 47.7 Å². The predicted octanol–water partition coefficient (Wildman–Crippen LogP) is 4.65. The van der Waals surface area contributed by atoms with Crippen molar-refractivity contribution < 1.29 is 24.2 Å². The highest BCUT2D eigenvalue weighted by atomic mass is 32.2. The van der Waals surface area contributed by atoms with Crippen molar-refractivity contribution in [1.82, 2.24) is 10.6 Å². The first-order chi connectivity index (χ1) is 17.0. The highest BCUT2D eigenvalue weighted by molar-refractivity contribution is 7.98. The Labute approximate surface area is 211 Å². The van der Waals surface area contributed by atoms with Gasteiger partial charge in [0.2, 0.25) is 5.91 Å². The minimum absolute atomic E-state index is 0.0955. The Morgan fingerprint density at radius 2 is 1.66 bits per heavy atom. The largest absolute Gasteiger partial charge is 0.479 e. The quantitative estimate of drug-likeness (QED) is 0.367. The number of nitrogens with one attached hydrogen (secondary N) is 2. The molecule has 2 aromatic carbocycles. The number of hydrogen-bond acceptors (Lipinski definition) is 6. The normalized spacial score (nSPS) is 13.9. The summed E-state index contributed by atoms with van der Waals surface area (Å²) in [6.45, 7) is 0.129. The van der Waals surface area contributed by atoms with Crippen LogP contribution in [0.25, 0.3) is 11.1 Å². The molecule has 1 unspecified atom stereocenters. The number of thiophene rings is 1. The van der Waals surface area contributed by atoms with Crippen LogP contribution in [0.5, 0.6) is 0 Å². The van der Waals surface area contributed by atoms with E-state index in [1.54, 1.807) is 17.5 Å². The number of hydrogen-bond donors (Lipinski definition) is 3. The smallest absolute Gasteiger partial charge is 0.407 e. The average molecular weight is 511 g/mol. The number of thioether (sulfide) groups is 1. The summed E-state index contributed by atoms with van der Waals surface area (Å²) in [5.74, 6) is -1.21. The first kappa shape index (κ1) is 24.8. The number of carboxylic acids is 1. The summed E-state index contributed by atoms with van der Waals surface area (Å²) >= 11 is 2.77. The molecule has 0 saturated carbocycles. The summed E-state index contributed by atoms with van der Waals surface area (Å²) in [7, 11) is 0. The lowest BCUT2D eigenvalue weighted by Gasteiger charge is -2.21. The zero-order valence-electron chi connectivity index (χ0n) is 19.1. The van der Waals surface area contributed by atoms with E-state index >= 15 is 0 Å². The molecule has 0 radical (unpaired) electrons. The topological polar surface area (TPSA) is 105 Å². The third kappa shape index (κ3) is 5.68. The van der Waals surface area contributed by atoms with Gasteiger partial charge in [0, 0.05) is 10.8 Å². The first-order valence-electron chi connectivity index (χ1n) is 11.2. The van der Waals surface area contributed by atoms with Gasteiger partial charge in [-0.05, 0) is 52.1 Å². The maximum atomic E-state index is 12.9. The molecule has 35 heavy (non-hydrogen) atoms. The highest BCUT2D eigenvalue weighted by Gasteiger charge is 2.31. The number of carboxylic acid groups (broad SMARTS) is 1. The fourth-order valence-corrected chi connectivity index (χ4v) is 5.48. The van der Waals surface area contributed by atoms with Crippen molar-refractivity contribution in [2.24, 2.45) is 0 Å². The number of benzene rings is 2. The van der Waals surface area contributed by atoms with E-state index in [4.69, 9.17) is 4.74 Å². The molecule has 1 aromatic heterocycles. The van der Waals surface area contributed by atoms with Crippen molar-refractivity contribution in [3.63, 3.8) is 0 Å². The molecule has 0 saturated heterocycles. The fourth-order valence-electron chi connectivity index (χ4n) is 4.24. The number of carbonyl (C=O) groups excluding carboxylic acids is 2. The zero-order valence-corrected chi connectivity index (χ0v) is 20.7. The summed E-state index contributed by atoms with van der Waals surface area (Å²) in [4.78, 5) is 37.9. The minimum Gasteiger partial charge on any atom is -0.479 e. The van der Waals surface area contributed by atoms with Gasteiger partial charge in [0.05, 0.1) is 0 Å². The molecule has 1 aliphatic rings. The third-order valence-electron chi connectivity index (χ3n) is 5.92. The van der Waals surface area contributed by atoms with Gasteiger partial charge in [-0.3, -0.25) is 4.79 Å². The average Bonchev–Trinajstić information content (AvgIpc) is 3.50. The van der Waals surface area contributed by atoms with Crippen LogP contribution < -0.4 is 10.6 Å². The molecule has 3 aromatic rings. The highest BCUT2D eigenvalue weighted by Crippen LogP contribution is 2.44. The molecule has 0 fully saturated rings. The molecule has 1 aliphatic carbocycles. The molecule has 182 valence electrons. The Morgan fingerprint density at radius 1 is 1.00 bits per heavy atom. The van der Waals surface area contributed by atoms with Crippen LogP contribution in [0.4, 0.5) is 4.79 Å². The Hall–Kier alpha value is -3.30. The monoisotopic (exact) mass is 510 g/mol. The maximum Gasteiger partial charge on any atom is 0.407 e. The second-order valence-corrected chi connectivity index (χ2v) is 10.1. The first-order valence-corrected chi connectivity index (χ1v) is 13.4.